The number of fused-ring (bicyclic) bond motifs is 1. The lowest BCUT2D eigenvalue weighted by molar-refractivity contribution is 0.412. The molecule has 1 saturated carbocycles. The summed E-state index contributed by atoms with van der Waals surface area (Å²) in [5, 5.41) is 3.33. The lowest BCUT2D eigenvalue weighted by Gasteiger charge is -2.23. The second-order valence-electron chi connectivity index (χ2n) is 5.99. The monoisotopic (exact) mass is 363 g/mol. The van der Waals surface area contributed by atoms with E-state index in [0.717, 1.165) is 21.4 Å². The zero-order chi connectivity index (χ0) is 15.5. The SMILES string of the molecule is Cc1cc(Br)cn2cc(CN=C(N)NC3CCCCC3)nc12. The van der Waals surface area contributed by atoms with Crippen molar-refractivity contribution in [3.63, 3.8) is 0 Å². The number of pyridine rings is 1. The lowest BCUT2D eigenvalue weighted by atomic mass is 9.96. The van der Waals surface area contributed by atoms with E-state index in [2.05, 4.69) is 44.2 Å². The van der Waals surface area contributed by atoms with E-state index in [1.54, 1.807) is 0 Å². The molecule has 0 spiro atoms. The number of nitrogens with two attached hydrogens (primary N) is 1. The highest BCUT2D eigenvalue weighted by Crippen LogP contribution is 2.18. The first kappa shape index (κ1) is 15.3. The van der Waals surface area contributed by atoms with Crippen LogP contribution in [-0.2, 0) is 6.54 Å². The maximum atomic E-state index is 6.00. The third-order valence-electron chi connectivity index (χ3n) is 4.12. The molecule has 1 fully saturated rings. The zero-order valence-electron chi connectivity index (χ0n) is 12.8. The predicted octanol–water partition coefficient (Wildman–Crippen LogP) is 3.14. The quantitative estimate of drug-likeness (QED) is 0.650. The number of hydrogen-bond donors (Lipinski definition) is 2. The molecule has 0 atom stereocenters. The van der Waals surface area contributed by atoms with Crippen molar-refractivity contribution in [2.75, 3.05) is 0 Å². The standard InChI is InChI=1S/C16H22BrN5/c1-11-7-12(17)9-22-10-14(20-15(11)22)8-19-16(18)21-13-5-3-2-4-6-13/h7,9-10,13H,2-6,8H2,1H3,(H3,18,19,21). The van der Waals surface area contributed by atoms with E-state index in [1.807, 2.05) is 16.8 Å². The third-order valence-corrected chi connectivity index (χ3v) is 4.55. The number of nitrogens with zero attached hydrogens (tertiary/aromatic N) is 3. The highest BCUT2D eigenvalue weighted by atomic mass is 79.9. The van der Waals surface area contributed by atoms with Crippen LogP contribution >= 0.6 is 15.9 Å². The van der Waals surface area contributed by atoms with E-state index < -0.39 is 0 Å². The van der Waals surface area contributed by atoms with Crippen LogP contribution < -0.4 is 11.1 Å². The molecule has 0 unspecified atom stereocenters. The van der Waals surface area contributed by atoms with E-state index >= 15 is 0 Å². The Morgan fingerprint density at radius 2 is 2.18 bits per heavy atom. The molecule has 0 aromatic carbocycles. The summed E-state index contributed by atoms with van der Waals surface area (Å²) in [6.45, 7) is 2.56. The summed E-state index contributed by atoms with van der Waals surface area (Å²) >= 11 is 3.50. The molecule has 3 N–H and O–H groups in total. The van der Waals surface area contributed by atoms with Gasteiger partial charge in [0.2, 0.25) is 0 Å². The average molecular weight is 364 g/mol. The second-order valence-corrected chi connectivity index (χ2v) is 6.90. The van der Waals surface area contributed by atoms with E-state index in [9.17, 15) is 0 Å². The number of rotatable bonds is 3. The van der Waals surface area contributed by atoms with Gasteiger partial charge in [0.25, 0.3) is 0 Å². The topological polar surface area (TPSA) is 67.7 Å². The van der Waals surface area contributed by atoms with E-state index in [-0.39, 0.29) is 0 Å². The third kappa shape index (κ3) is 3.61. The molecule has 0 saturated heterocycles. The Hall–Kier alpha value is -1.56. The van der Waals surface area contributed by atoms with Crippen LogP contribution in [0.1, 0.15) is 43.4 Å². The van der Waals surface area contributed by atoms with Gasteiger partial charge < -0.3 is 15.5 Å². The van der Waals surface area contributed by atoms with Crippen LogP contribution in [0.5, 0.6) is 0 Å². The molecule has 0 bridgehead atoms. The first-order valence-corrected chi connectivity index (χ1v) is 8.61. The smallest absolute Gasteiger partial charge is 0.189 e. The van der Waals surface area contributed by atoms with Gasteiger partial charge in [0.05, 0.1) is 12.2 Å². The first-order chi connectivity index (χ1) is 10.6. The number of nitrogens with one attached hydrogen (secondary N) is 1. The number of aliphatic imine (C=N–C) groups is 1. The fourth-order valence-electron chi connectivity index (χ4n) is 3.02. The zero-order valence-corrected chi connectivity index (χ0v) is 14.4. The molecule has 2 aromatic rings. The number of hydrogen-bond acceptors (Lipinski definition) is 2. The van der Waals surface area contributed by atoms with Gasteiger partial charge in [0.1, 0.15) is 5.65 Å². The van der Waals surface area contributed by atoms with E-state index in [0.29, 0.717) is 18.5 Å². The highest BCUT2D eigenvalue weighted by molar-refractivity contribution is 9.10. The minimum absolute atomic E-state index is 0.483. The van der Waals surface area contributed by atoms with Crippen LogP contribution in [0, 0.1) is 6.92 Å². The van der Waals surface area contributed by atoms with Crippen molar-refractivity contribution < 1.29 is 0 Å². The summed E-state index contributed by atoms with van der Waals surface area (Å²) in [5.74, 6) is 0.529. The maximum absolute atomic E-state index is 6.00. The lowest BCUT2D eigenvalue weighted by Crippen LogP contribution is -2.41. The van der Waals surface area contributed by atoms with Crippen LogP contribution in [0.15, 0.2) is 27.9 Å². The molecule has 0 radical (unpaired) electrons. The van der Waals surface area contributed by atoms with Crippen molar-refractivity contribution >= 4 is 27.5 Å². The van der Waals surface area contributed by atoms with Crippen LogP contribution in [0.2, 0.25) is 0 Å². The van der Waals surface area contributed by atoms with Crippen molar-refractivity contribution in [3.8, 4) is 0 Å². The van der Waals surface area contributed by atoms with Gasteiger partial charge in [-0.2, -0.15) is 0 Å². The summed E-state index contributed by atoms with van der Waals surface area (Å²) in [6.07, 6.45) is 10.3. The Balaban J connectivity index is 1.67. The number of halogens is 1. The minimum Gasteiger partial charge on any atom is -0.370 e. The molecule has 2 aromatic heterocycles. The molecule has 5 nitrogen and oxygen atoms in total. The Kier molecular flexibility index (Phi) is 4.66. The minimum atomic E-state index is 0.483. The molecule has 22 heavy (non-hydrogen) atoms. The van der Waals surface area contributed by atoms with Gasteiger partial charge in [-0.15, -0.1) is 0 Å². The van der Waals surface area contributed by atoms with Crippen molar-refractivity contribution in [2.24, 2.45) is 10.7 Å². The summed E-state index contributed by atoms with van der Waals surface area (Å²) in [5.41, 5.74) is 9.02. The summed E-state index contributed by atoms with van der Waals surface area (Å²) < 4.78 is 3.07. The van der Waals surface area contributed by atoms with E-state index in [4.69, 9.17) is 5.73 Å². The molecule has 6 heteroatoms. The van der Waals surface area contributed by atoms with Gasteiger partial charge in [-0.3, -0.25) is 0 Å². The van der Waals surface area contributed by atoms with Gasteiger partial charge >= 0.3 is 0 Å². The number of imidazole rings is 1. The Bertz CT molecular complexity index is 685. The predicted molar refractivity (Wildman–Crippen MR) is 93.0 cm³/mol. The van der Waals surface area contributed by atoms with Crippen molar-refractivity contribution in [2.45, 2.75) is 51.6 Å². The fourth-order valence-corrected chi connectivity index (χ4v) is 3.58. The number of aromatic nitrogens is 2. The number of aryl methyl sites for hydroxylation is 1. The van der Waals surface area contributed by atoms with Crippen molar-refractivity contribution in [1.82, 2.24) is 14.7 Å². The molecule has 1 aliphatic rings. The first-order valence-electron chi connectivity index (χ1n) is 7.82. The fraction of sp³-hybridized carbons (Fsp3) is 0.500. The summed E-state index contributed by atoms with van der Waals surface area (Å²) in [7, 11) is 0. The Morgan fingerprint density at radius 1 is 1.41 bits per heavy atom. The largest absolute Gasteiger partial charge is 0.370 e. The van der Waals surface area contributed by atoms with E-state index in [1.165, 1.54) is 32.1 Å². The molecule has 0 aliphatic heterocycles. The van der Waals surface area contributed by atoms with Crippen LogP contribution in [0.3, 0.4) is 0 Å². The molecule has 2 heterocycles. The van der Waals surface area contributed by atoms with Crippen LogP contribution in [0.4, 0.5) is 0 Å². The van der Waals surface area contributed by atoms with Gasteiger partial charge in [0, 0.05) is 22.9 Å². The average Bonchev–Trinajstić information content (AvgIpc) is 2.89. The summed E-state index contributed by atoms with van der Waals surface area (Å²) in [6, 6.07) is 2.55. The maximum Gasteiger partial charge on any atom is 0.189 e. The van der Waals surface area contributed by atoms with Crippen molar-refractivity contribution in [3.05, 3.63) is 34.2 Å². The Labute approximate surface area is 139 Å². The highest BCUT2D eigenvalue weighted by Gasteiger charge is 2.13. The Morgan fingerprint density at radius 3 is 2.95 bits per heavy atom. The molecule has 1 aliphatic carbocycles. The molecular weight excluding hydrogens is 342 g/mol. The number of guanidine groups is 1. The second kappa shape index (κ2) is 6.69. The summed E-state index contributed by atoms with van der Waals surface area (Å²) in [4.78, 5) is 9.06. The van der Waals surface area contributed by atoms with Crippen LogP contribution in [0.25, 0.3) is 5.65 Å². The molecule has 3 rings (SSSR count). The van der Waals surface area contributed by atoms with Gasteiger partial charge in [-0.1, -0.05) is 19.3 Å². The molecular formula is C16H22BrN5. The van der Waals surface area contributed by atoms with Crippen LogP contribution in [-0.4, -0.2) is 21.4 Å². The van der Waals surface area contributed by atoms with Gasteiger partial charge in [-0.05, 0) is 47.3 Å². The van der Waals surface area contributed by atoms with Gasteiger partial charge in [0.15, 0.2) is 5.96 Å². The van der Waals surface area contributed by atoms with Gasteiger partial charge in [-0.25, -0.2) is 9.98 Å². The normalized spacial score (nSPS) is 17.1. The molecule has 118 valence electrons. The molecule has 0 amide bonds. The van der Waals surface area contributed by atoms with Crippen molar-refractivity contribution in [1.29, 1.82) is 0 Å².